The van der Waals surface area contributed by atoms with Crippen LogP contribution in [0.4, 0.5) is 8.78 Å². The molecule has 30 heavy (non-hydrogen) atoms. The van der Waals surface area contributed by atoms with Crippen LogP contribution in [0.2, 0.25) is 0 Å². The molecule has 4 rings (SSSR count). The van der Waals surface area contributed by atoms with Gasteiger partial charge in [-0.05, 0) is 61.7 Å². The number of alkyl halides is 2. The van der Waals surface area contributed by atoms with Crippen molar-refractivity contribution >= 4 is 11.8 Å². The zero-order valence-electron chi connectivity index (χ0n) is 18.9. The normalized spacial score (nSPS) is 46.1. The van der Waals surface area contributed by atoms with Gasteiger partial charge in [0.25, 0.3) is 0 Å². The fraction of sp³-hybridized carbons (Fsp3) is 0.750. The maximum atomic E-state index is 16.6. The van der Waals surface area contributed by atoms with Gasteiger partial charge < -0.3 is 10.2 Å². The van der Waals surface area contributed by atoms with Gasteiger partial charge in [0.05, 0.1) is 12.0 Å². The molecular formula is C24H36F2O4. The van der Waals surface area contributed by atoms with Crippen molar-refractivity contribution in [2.24, 2.45) is 28.6 Å². The number of rotatable bonds is 1. The molecule has 0 aliphatic heterocycles. The van der Waals surface area contributed by atoms with E-state index in [4.69, 9.17) is 0 Å². The number of ketones is 1. The van der Waals surface area contributed by atoms with Crippen molar-refractivity contribution in [1.82, 2.24) is 0 Å². The molecule has 0 radical (unpaired) electrons. The summed E-state index contributed by atoms with van der Waals surface area (Å²) in [5.41, 5.74) is -4.17. The number of carboxylic acids is 1. The number of carbonyl (C=O) groups is 2. The van der Waals surface area contributed by atoms with Crippen LogP contribution in [-0.2, 0) is 9.59 Å². The lowest BCUT2D eigenvalue weighted by Crippen LogP contribution is -2.68. The lowest BCUT2D eigenvalue weighted by Gasteiger charge is -2.62. The highest BCUT2D eigenvalue weighted by molar-refractivity contribution is 6.01. The molecule has 0 saturated heterocycles. The van der Waals surface area contributed by atoms with Crippen LogP contribution in [0.15, 0.2) is 23.8 Å². The summed E-state index contributed by atoms with van der Waals surface area (Å²) in [7, 11) is 0. The summed E-state index contributed by atoms with van der Waals surface area (Å²) in [6, 6.07) is 0. The van der Waals surface area contributed by atoms with E-state index < -0.39 is 46.6 Å². The van der Waals surface area contributed by atoms with Gasteiger partial charge in [0.2, 0.25) is 0 Å². The summed E-state index contributed by atoms with van der Waals surface area (Å²) in [6.45, 7) is 11.4. The number of aliphatic carboxylic acids is 1. The second-order valence-corrected chi connectivity index (χ2v) is 8.92. The Morgan fingerprint density at radius 3 is 2.30 bits per heavy atom. The Labute approximate surface area is 178 Å². The first-order valence-electron chi connectivity index (χ1n) is 11.2. The van der Waals surface area contributed by atoms with Gasteiger partial charge in [-0.3, -0.25) is 9.59 Å². The van der Waals surface area contributed by atoms with Crippen LogP contribution < -0.4 is 0 Å². The van der Waals surface area contributed by atoms with E-state index in [-0.39, 0.29) is 30.1 Å². The maximum Gasteiger partial charge on any atom is 0.307 e. The first-order valence-corrected chi connectivity index (χ1v) is 11.2. The molecule has 4 aliphatic carbocycles. The van der Waals surface area contributed by atoms with E-state index in [1.54, 1.807) is 13.8 Å². The number of halogens is 2. The Bertz CT molecular complexity index is 747. The molecule has 0 aromatic rings. The summed E-state index contributed by atoms with van der Waals surface area (Å²) in [5.74, 6) is -3.05. The van der Waals surface area contributed by atoms with Crippen molar-refractivity contribution in [2.45, 2.75) is 85.2 Å². The van der Waals surface area contributed by atoms with Crippen molar-refractivity contribution < 1.29 is 28.6 Å². The SMILES string of the molecule is CC.CC.CC12CC(O)[C@@]3(F)C(C[C@H](F)C4=CC(=O)C=CC43C)C1CCC2C(=O)O. The predicted molar refractivity (Wildman–Crippen MR) is 112 cm³/mol. The zero-order chi connectivity index (χ0) is 23.1. The van der Waals surface area contributed by atoms with E-state index in [1.807, 2.05) is 27.7 Å². The van der Waals surface area contributed by atoms with E-state index in [2.05, 4.69) is 0 Å². The van der Waals surface area contributed by atoms with Crippen LogP contribution in [0.5, 0.6) is 0 Å². The first-order chi connectivity index (χ1) is 14.1. The van der Waals surface area contributed by atoms with Crippen LogP contribution in [0.3, 0.4) is 0 Å². The van der Waals surface area contributed by atoms with Crippen molar-refractivity contribution in [3.63, 3.8) is 0 Å². The molecule has 0 aromatic heterocycles. The lowest BCUT2D eigenvalue weighted by atomic mass is 9.45. The van der Waals surface area contributed by atoms with Gasteiger partial charge in [-0.15, -0.1) is 0 Å². The third kappa shape index (κ3) is 3.17. The Morgan fingerprint density at radius 1 is 1.13 bits per heavy atom. The van der Waals surface area contributed by atoms with Crippen LogP contribution in [0, 0.1) is 28.6 Å². The van der Waals surface area contributed by atoms with Crippen LogP contribution in [-0.4, -0.2) is 39.9 Å². The Hall–Kier alpha value is -1.56. The van der Waals surface area contributed by atoms with Gasteiger partial charge in [-0.2, -0.15) is 0 Å². The molecule has 8 atom stereocenters. The third-order valence-electron chi connectivity index (χ3n) is 7.92. The molecule has 0 spiro atoms. The second-order valence-electron chi connectivity index (χ2n) is 8.92. The third-order valence-corrected chi connectivity index (χ3v) is 7.92. The monoisotopic (exact) mass is 426 g/mol. The number of aliphatic hydroxyl groups excluding tert-OH is 1. The molecule has 0 bridgehead atoms. The maximum absolute atomic E-state index is 16.6. The molecule has 0 aromatic carbocycles. The average Bonchev–Trinajstić information content (AvgIpc) is 3.06. The minimum Gasteiger partial charge on any atom is -0.481 e. The fourth-order valence-electron chi connectivity index (χ4n) is 6.61. The molecule has 6 heteroatoms. The Balaban J connectivity index is 0.000000757. The molecular weight excluding hydrogens is 390 g/mol. The minimum atomic E-state index is -2.11. The van der Waals surface area contributed by atoms with E-state index in [1.165, 1.54) is 12.2 Å². The number of hydrogen-bond acceptors (Lipinski definition) is 3. The van der Waals surface area contributed by atoms with E-state index in [0.717, 1.165) is 6.08 Å². The quantitative estimate of drug-likeness (QED) is 0.615. The standard InChI is InChI=1S/C20H24F2O4.2C2H6/c1-18-9-16(24)20(22)13(11(18)3-4-12(18)17(25)26)8-15(21)14-7-10(23)5-6-19(14,20)2;2*1-2/h5-7,11-13,15-16,24H,3-4,8-9H2,1-2H3,(H,25,26);2*1-2H3/t11?,12?,13?,15-,16?,18?,19?,20-;;/m0../s1. The number of hydrogen-bond donors (Lipinski definition) is 2. The number of carbonyl (C=O) groups excluding carboxylic acids is 1. The van der Waals surface area contributed by atoms with Crippen molar-refractivity contribution in [3.05, 3.63) is 23.8 Å². The first kappa shape index (κ1) is 24.7. The van der Waals surface area contributed by atoms with Gasteiger partial charge >= 0.3 is 5.97 Å². The van der Waals surface area contributed by atoms with Crippen LogP contribution in [0.25, 0.3) is 0 Å². The molecule has 3 saturated carbocycles. The van der Waals surface area contributed by atoms with Gasteiger partial charge in [0.1, 0.15) is 6.17 Å². The molecule has 0 heterocycles. The number of aliphatic hydroxyl groups is 1. The van der Waals surface area contributed by atoms with E-state index in [9.17, 15) is 19.8 Å². The van der Waals surface area contributed by atoms with Crippen LogP contribution in [0.1, 0.15) is 67.2 Å². The Kier molecular flexibility index (Phi) is 7.02. The molecule has 4 aliphatic rings. The highest BCUT2D eigenvalue weighted by Gasteiger charge is 2.72. The predicted octanol–water partition coefficient (Wildman–Crippen LogP) is 5.06. The number of allylic oxidation sites excluding steroid dienone is 4. The molecule has 2 N–H and O–H groups in total. The topological polar surface area (TPSA) is 74.6 Å². The van der Waals surface area contributed by atoms with Crippen molar-refractivity contribution in [1.29, 1.82) is 0 Å². The number of carboxylic acid groups (broad SMARTS) is 1. The summed E-state index contributed by atoms with van der Waals surface area (Å²) < 4.78 is 31.6. The summed E-state index contributed by atoms with van der Waals surface area (Å²) in [6.07, 6.45) is 1.77. The largest absolute Gasteiger partial charge is 0.481 e. The molecule has 0 amide bonds. The van der Waals surface area contributed by atoms with Crippen LogP contribution >= 0.6 is 0 Å². The molecule has 6 unspecified atom stereocenters. The zero-order valence-corrected chi connectivity index (χ0v) is 18.9. The summed E-state index contributed by atoms with van der Waals surface area (Å²) >= 11 is 0. The summed E-state index contributed by atoms with van der Waals surface area (Å²) in [4.78, 5) is 23.4. The smallest absolute Gasteiger partial charge is 0.307 e. The number of fused-ring (bicyclic) bond motifs is 5. The van der Waals surface area contributed by atoms with Crippen molar-refractivity contribution in [3.8, 4) is 0 Å². The molecule has 3 fully saturated rings. The van der Waals surface area contributed by atoms with Gasteiger partial charge in [0.15, 0.2) is 11.5 Å². The molecule has 170 valence electrons. The van der Waals surface area contributed by atoms with Gasteiger partial charge in [-0.1, -0.05) is 40.7 Å². The minimum absolute atomic E-state index is 0.0310. The van der Waals surface area contributed by atoms with E-state index in [0.29, 0.717) is 12.8 Å². The van der Waals surface area contributed by atoms with E-state index >= 15 is 8.78 Å². The molecule has 4 nitrogen and oxygen atoms in total. The Morgan fingerprint density at radius 2 is 1.73 bits per heavy atom. The van der Waals surface area contributed by atoms with Gasteiger partial charge in [0, 0.05) is 11.3 Å². The average molecular weight is 427 g/mol. The van der Waals surface area contributed by atoms with Crippen molar-refractivity contribution in [2.75, 3.05) is 0 Å². The second kappa shape index (κ2) is 8.52. The van der Waals surface area contributed by atoms with Gasteiger partial charge in [-0.25, -0.2) is 8.78 Å². The highest BCUT2D eigenvalue weighted by atomic mass is 19.1. The highest BCUT2D eigenvalue weighted by Crippen LogP contribution is 2.69. The fourth-order valence-corrected chi connectivity index (χ4v) is 6.61. The summed E-state index contributed by atoms with van der Waals surface area (Å²) in [5, 5.41) is 20.5. The lowest BCUT2D eigenvalue weighted by molar-refractivity contribution is -0.204.